The Morgan fingerprint density at radius 2 is 1.65 bits per heavy atom. The minimum absolute atomic E-state index is 0.0740. The van der Waals surface area contributed by atoms with Gasteiger partial charge in [0.25, 0.3) is 5.82 Å². The van der Waals surface area contributed by atoms with Gasteiger partial charge in [0.1, 0.15) is 11.4 Å². The SMILES string of the molecule is COC(=O)c1nnc(C(=O)OC)c(-c2ccc3cc(OC)ccc3n2)n1. The lowest BCUT2D eigenvalue weighted by molar-refractivity contribution is 0.0568. The highest BCUT2D eigenvalue weighted by molar-refractivity contribution is 5.95. The van der Waals surface area contributed by atoms with Gasteiger partial charge >= 0.3 is 11.9 Å². The van der Waals surface area contributed by atoms with E-state index in [2.05, 4.69) is 24.9 Å². The largest absolute Gasteiger partial charge is 0.497 e. The fraction of sp³-hybridized carbons (Fsp3) is 0.176. The molecule has 0 spiro atoms. The number of methoxy groups -OCH3 is 3. The third-order valence-corrected chi connectivity index (χ3v) is 3.57. The van der Waals surface area contributed by atoms with E-state index in [1.807, 2.05) is 6.07 Å². The maximum atomic E-state index is 12.0. The number of pyridine rings is 1. The van der Waals surface area contributed by atoms with Crippen LogP contribution in [0.25, 0.3) is 22.3 Å². The molecule has 0 aliphatic heterocycles. The summed E-state index contributed by atoms with van der Waals surface area (Å²) in [6.45, 7) is 0. The smallest absolute Gasteiger partial charge is 0.378 e. The molecule has 0 unspecified atom stereocenters. The van der Waals surface area contributed by atoms with Crippen molar-refractivity contribution in [1.29, 1.82) is 0 Å². The standard InChI is InChI=1S/C17H14N4O5/c1-24-10-5-7-11-9(8-10)4-6-12(18-11)13-14(16(22)25-2)20-21-15(19-13)17(23)26-3/h4-8H,1-3H3. The molecule has 0 fully saturated rings. The van der Waals surface area contributed by atoms with Crippen LogP contribution >= 0.6 is 0 Å². The first kappa shape index (κ1) is 17.2. The van der Waals surface area contributed by atoms with Gasteiger partial charge < -0.3 is 14.2 Å². The van der Waals surface area contributed by atoms with Crippen LogP contribution in [0.15, 0.2) is 30.3 Å². The summed E-state index contributed by atoms with van der Waals surface area (Å²) in [5.74, 6) is -1.11. The van der Waals surface area contributed by atoms with Crippen LogP contribution in [-0.4, -0.2) is 53.4 Å². The number of rotatable bonds is 4. The number of hydrogen-bond acceptors (Lipinski definition) is 9. The molecule has 0 saturated heterocycles. The molecule has 0 N–H and O–H groups in total. The number of hydrogen-bond donors (Lipinski definition) is 0. The number of fused-ring (bicyclic) bond motifs is 1. The van der Waals surface area contributed by atoms with E-state index < -0.39 is 11.9 Å². The van der Waals surface area contributed by atoms with Crippen LogP contribution < -0.4 is 4.74 Å². The van der Waals surface area contributed by atoms with Crippen LogP contribution in [-0.2, 0) is 9.47 Å². The number of aromatic nitrogens is 4. The summed E-state index contributed by atoms with van der Waals surface area (Å²) in [6, 6.07) is 8.80. The summed E-state index contributed by atoms with van der Waals surface area (Å²) in [7, 11) is 3.98. The quantitative estimate of drug-likeness (QED) is 0.645. The number of carbonyl (C=O) groups excluding carboxylic acids is 2. The fourth-order valence-electron chi connectivity index (χ4n) is 2.28. The van der Waals surface area contributed by atoms with Crippen molar-refractivity contribution in [1.82, 2.24) is 20.2 Å². The topological polar surface area (TPSA) is 113 Å². The molecule has 0 radical (unpaired) electrons. The van der Waals surface area contributed by atoms with Crippen molar-refractivity contribution in [2.45, 2.75) is 0 Å². The maximum absolute atomic E-state index is 12.0. The number of carbonyl (C=O) groups is 2. The molecule has 0 bridgehead atoms. The predicted octanol–water partition coefficient (Wildman–Crippen LogP) is 1.67. The van der Waals surface area contributed by atoms with Gasteiger partial charge in [-0.25, -0.2) is 19.6 Å². The third kappa shape index (κ3) is 3.14. The molecule has 132 valence electrons. The predicted molar refractivity (Wildman–Crippen MR) is 89.8 cm³/mol. The van der Waals surface area contributed by atoms with Gasteiger partial charge in [0, 0.05) is 5.39 Å². The Bertz CT molecular complexity index is 1010. The van der Waals surface area contributed by atoms with Gasteiger partial charge in [-0.3, -0.25) is 0 Å². The second-order valence-corrected chi connectivity index (χ2v) is 5.07. The first-order chi connectivity index (χ1) is 12.6. The zero-order chi connectivity index (χ0) is 18.7. The van der Waals surface area contributed by atoms with E-state index in [-0.39, 0.29) is 17.2 Å². The molecule has 3 aromatic rings. The summed E-state index contributed by atoms with van der Waals surface area (Å²) >= 11 is 0. The molecule has 0 atom stereocenters. The van der Waals surface area contributed by atoms with Crippen LogP contribution in [0.1, 0.15) is 21.1 Å². The fourth-order valence-corrected chi connectivity index (χ4v) is 2.28. The van der Waals surface area contributed by atoms with Gasteiger partial charge in [-0.05, 0) is 24.3 Å². The van der Waals surface area contributed by atoms with Crippen molar-refractivity contribution in [3.8, 4) is 17.1 Å². The van der Waals surface area contributed by atoms with Crippen LogP contribution in [0.3, 0.4) is 0 Å². The summed E-state index contributed by atoms with van der Waals surface area (Å²) in [4.78, 5) is 32.2. The Kier molecular flexibility index (Phi) is 4.70. The summed E-state index contributed by atoms with van der Waals surface area (Å²) in [5.41, 5.74) is 0.908. The average molecular weight is 354 g/mol. The molecule has 0 aliphatic carbocycles. The van der Waals surface area contributed by atoms with Crippen molar-refractivity contribution >= 4 is 22.8 Å². The van der Waals surface area contributed by atoms with Gasteiger partial charge in [0.15, 0.2) is 5.69 Å². The van der Waals surface area contributed by atoms with E-state index in [0.29, 0.717) is 17.0 Å². The summed E-state index contributed by atoms with van der Waals surface area (Å²) in [6.07, 6.45) is 0. The average Bonchev–Trinajstić information content (AvgIpc) is 2.71. The maximum Gasteiger partial charge on any atom is 0.378 e. The zero-order valence-electron chi connectivity index (χ0n) is 14.2. The first-order valence-electron chi connectivity index (χ1n) is 7.44. The summed E-state index contributed by atoms with van der Waals surface area (Å²) in [5, 5.41) is 8.20. The van der Waals surface area contributed by atoms with E-state index in [4.69, 9.17) is 9.47 Å². The molecule has 9 nitrogen and oxygen atoms in total. The first-order valence-corrected chi connectivity index (χ1v) is 7.44. The molecule has 0 saturated carbocycles. The highest BCUT2D eigenvalue weighted by atomic mass is 16.5. The van der Waals surface area contributed by atoms with Gasteiger partial charge in [-0.15, -0.1) is 10.2 Å². The number of ether oxygens (including phenoxy) is 3. The van der Waals surface area contributed by atoms with Crippen molar-refractivity contribution in [3.63, 3.8) is 0 Å². The van der Waals surface area contributed by atoms with Gasteiger partial charge in [-0.2, -0.15) is 0 Å². The van der Waals surface area contributed by atoms with E-state index in [1.165, 1.54) is 14.2 Å². The Morgan fingerprint density at radius 1 is 0.885 bits per heavy atom. The lowest BCUT2D eigenvalue weighted by atomic mass is 10.1. The Labute approximate surface area is 148 Å². The minimum Gasteiger partial charge on any atom is -0.497 e. The third-order valence-electron chi connectivity index (χ3n) is 3.57. The molecule has 2 heterocycles. The van der Waals surface area contributed by atoms with E-state index in [9.17, 15) is 9.59 Å². The van der Waals surface area contributed by atoms with Crippen molar-refractivity contribution in [2.24, 2.45) is 0 Å². The Balaban J connectivity index is 2.18. The van der Waals surface area contributed by atoms with Gasteiger partial charge in [0.2, 0.25) is 0 Å². The molecule has 0 amide bonds. The zero-order valence-corrected chi connectivity index (χ0v) is 14.2. The summed E-state index contributed by atoms with van der Waals surface area (Å²) < 4.78 is 14.5. The molecule has 0 aliphatic rings. The molecule has 3 rings (SSSR count). The second-order valence-electron chi connectivity index (χ2n) is 5.07. The lowest BCUT2D eigenvalue weighted by Gasteiger charge is -2.08. The molecule has 26 heavy (non-hydrogen) atoms. The lowest BCUT2D eigenvalue weighted by Crippen LogP contribution is -2.16. The second kappa shape index (κ2) is 7.09. The number of esters is 2. The van der Waals surface area contributed by atoms with E-state index in [1.54, 1.807) is 31.4 Å². The molecular weight excluding hydrogens is 340 g/mol. The Morgan fingerprint density at radius 3 is 2.35 bits per heavy atom. The van der Waals surface area contributed by atoms with Crippen LogP contribution in [0.4, 0.5) is 0 Å². The van der Waals surface area contributed by atoms with Crippen molar-refractivity contribution in [2.75, 3.05) is 21.3 Å². The van der Waals surface area contributed by atoms with Crippen molar-refractivity contribution < 1.29 is 23.8 Å². The Hall–Kier alpha value is -3.62. The van der Waals surface area contributed by atoms with Crippen LogP contribution in [0, 0.1) is 0 Å². The van der Waals surface area contributed by atoms with Gasteiger partial charge in [-0.1, -0.05) is 6.07 Å². The van der Waals surface area contributed by atoms with Crippen LogP contribution in [0.2, 0.25) is 0 Å². The number of nitrogens with zero attached hydrogens (tertiary/aromatic N) is 4. The van der Waals surface area contributed by atoms with E-state index >= 15 is 0 Å². The highest BCUT2D eigenvalue weighted by Crippen LogP contribution is 2.24. The normalized spacial score (nSPS) is 10.4. The molecular formula is C17H14N4O5. The molecule has 2 aromatic heterocycles. The van der Waals surface area contributed by atoms with E-state index in [0.717, 1.165) is 5.39 Å². The molecule has 1 aromatic carbocycles. The van der Waals surface area contributed by atoms with Crippen LogP contribution in [0.5, 0.6) is 5.75 Å². The highest BCUT2D eigenvalue weighted by Gasteiger charge is 2.22. The minimum atomic E-state index is -0.777. The van der Waals surface area contributed by atoms with Gasteiger partial charge in [0.05, 0.1) is 32.5 Å². The monoisotopic (exact) mass is 354 g/mol. The van der Waals surface area contributed by atoms with Crippen molar-refractivity contribution in [3.05, 3.63) is 41.9 Å². The molecule has 9 heteroatoms. The number of benzene rings is 1.